The molecule has 0 saturated carbocycles. The van der Waals surface area contributed by atoms with Crippen molar-refractivity contribution >= 4 is 22.4 Å². The molecular weight excluding hydrogens is 751 g/mol. The summed E-state index contributed by atoms with van der Waals surface area (Å²) in [7, 11) is 0. The van der Waals surface area contributed by atoms with E-state index in [1.165, 1.54) is 83.1 Å². The second-order valence-electron chi connectivity index (χ2n) is 16.3. The van der Waals surface area contributed by atoms with E-state index in [9.17, 15) is 0 Å². The lowest BCUT2D eigenvalue weighted by molar-refractivity contribution is 1.07. The first kappa shape index (κ1) is 35.9. The Hall–Kier alpha value is -8.01. The maximum atomic E-state index is 4.96. The Morgan fingerprint density at radius 1 is 0.290 bits per heavy atom. The van der Waals surface area contributed by atoms with Crippen LogP contribution in [0.3, 0.4) is 0 Å². The average molecular weight is 790 g/mol. The second-order valence-corrected chi connectivity index (χ2v) is 16.3. The van der Waals surface area contributed by atoms with Gasteiger partial charge in [-0.25, -0.2) is 15.0 Å². The minimum Gasteiger partial charge on any atom is -0.208 e. The minimum atomic E-state index is 0.648. The molecule has 10 aromatic rings. The van der Waals surface area contributed by atoms with Gasteiger partial charge in [-0.15, -0.1) is 0 Å². The van der Waals surface area contributed by atoms with Crippen molar-refractivity contribution in [3.8, 4) is 78.7 Å². The third-order valence-electron chi connectivity index (χ3n) is 12.6. The first-order valence-electron chi connectivity index (χ1n) is 21.4. The van der Waals surface area contributed by atoms with Gasteiger partial charge in [0.05, 0.1) is 0 Å². The van der Waals surface area contributed by atoms with E-state index >= 15 is 0 Å². The molecule has 9 aromatic carbocycles. The van der Waals surface area contributed by atoms with Gasteiger partial charge in [0.2, 0.25) is 0 Å². The number of rotatable bonds is 7. The van der Waals surface area contributed by atoms with Crippen LogP contribution in [0.1, 0.15) is 27.8 Å². The lowest BCUT2D eigenvalue weighted by Gasteiger charge is -2.17. The van der Waals surface area contributed by atoms with Gasteiger partial charge >= 0.3 is 0 Å². The van der Waals surface area contributed by atoms with Crippen molar-refractivity contribution in [1.29, 1.82) is 0 Å². The fourth-order valence-electron chi connectivity index (χ4n) is 9.62. The van der Waals surface area contributed by atoms with Crippen LogP contribution < -0.4 is 0 Å². The van der Waals surface area contributed by atoms with Crippen LogP contribution in [-0.4, -0.2) is 15.0 Å². The minimum absolute atomic E-state index is 0.648. The summed E-state index contributed by atoms with van der Waals surface area (Å²) in [5.74, 6) is 1.96. The van der Waals surface area contributed by atoms with Crippen molar-refractivity contribution in [2.75, 3.05) is 0 Å². The van der Waals surface area contributed by atoms with Crippen molar-refractivity contribution in [3.05, 3.63) is 234 Å². The summed E-state index contributed by atoms with van der Waals surface area (Å²) >= 11 is 0. The smallest absolute Gasteiger partial charge is 0.164 e. The third kappa shape index (κ3) is 6.26. The molecule has 3 nitrogen and oxygen atoms in total. The molecule has 0 amide bonds. The summed E-state index contributed by atoms with van der Waals surface area (Å²) in [6.45, 7) is 0. The lowest BCUT2D eigenvalue weighted by atomic mass is 9.87. The molecule has 0 aliphatic heterocycles. The zero-order valence-corrected chi connectivity index (χ0v) is 34.0. The Kier molecular flexibility index (Phi) is 8.64. The van der Waals surface area contributed by atoms with Crippen LogP contribution in [0.5, 0.6) is 0 Å². The van der Waals surface area contributed by atoms with Crippen molar-refractivity contribution in [3.63, 3.8) is 0 Å². The molecule has 0 saturated heterocycles. The summed E-state index contributed by atoms with van der Waals surface area (Å²) in [6.07, 6.45) is 4.38. The van der Waals surface area contributed by atoms with Crippen molar-refractivity contribution in [1.82, 2.24) is 15.0 Å². The second kappa shape index (κ2) is 14.9. The van der Waals surface area contributed by atoms with Gasteiger partial charge in [0, 0.05) is 16.7 Å². The fourth-order valence-corrected chi connectivity index (χ4v) is 9.62. The largest absolute Gasteiger partial charge is 0.208 e. The van der Waals surface area contributed by atoms with Crippen molar-refractivity contribution < 1.29 is 0 Å². The van der Waals surface area contributed by atoms with E-state index in [1.807, 2.05) is 60.7 Å². The monoisotopic (exact) mass is 789 g/mol. The van der Waals surface area contributed by atoms with Crippen molar-refractivity contribution in [2.24, 2.45) is 0 Å². The van der Waals surface area contributed by atoms with Crippen LogP contribution >= 0.6 is 0 Å². The average Bonchev–Trinajstić information content (AvgIpc) is 3.95. The van der Waals surface area contributed by atoms with Gasteiger partial charge in [-0.3, -0.25) is 0 Å². The number of hydrogen-bond acceptors (Lipinski definition) is 3. The fraction of sp³-hybridized carbons (Fsp3) is 0.0339. The maximum Gasteiger partial charge on any atom is 0.164 e. The summed E-state index contributed by atoms with van der Waals surface area (Å²) in [6, 6.07) is 73.8. The van der Waals surface area contributed by atoms with Gasteiger partial charge in [-0.05, 0) is 108 Å². The number of hydrogen-bond donors (Lipinski definition) is 0. The predicted octanol–water partition coefficient (Wildman–Crippen LogP) is 14.7. The summed E-state index contributed by atoms with van der Waals surface area (Å²) in [4.78, 5) is 14.8. The van der Waals surface area contributed by atoms with Crippen LogP contribution in [0.2, 0.25) is 0 Å². The van der Waals surface area contributed by atoms with Crippen LogP contribution in [-0.2, 0) is 12.8 Å². The zero-order chi connectivity index (χ0) is 41.0. The van der Waals surface area contributed by atoms with Gasteiger partial charge in [0.1, 0.15) is 0 Å². The quantitative estimate of drug-likeness (QED) is 0.161. The molecule has 2 aliphatic carbocycles. The van der Waals surface area contributed by atoms with E-state index in [4.69, 9.17) is 15.0 Å². The van der Waals surface area contributed by atoms with Gasteiger partial charge in [0.25, 0.3) is 0 Å². The number of benzene rings is 9. The lowest BCUT2D eigenvalue weighted by Crippen LogP contribution is -2.00. The summed E-state index contributed by atoms with van der Waals surface area (Å²) < 4.78 is 0. The Labute approximate surface area is 361 Å². The predicted molar refractivity (Wildman–Crippen MR) is 256 cm³/mol. The summed E-state index contributed by atoms with van der Waals surface area (Å²) in [5.41, 5.74) is 21.3. The van der Waals surface area contributed by atoms with Crippen LogP contribution in [0, 0.1) is 0 Å². The molecule has 1 aromatic heterocycles. The SMILES string of the molecule is C1=C(c2ccccc2)Cc2cc3c(c(-c4ccc(-c5ccc(-c6ccc(-c7nc(-c8ccccc8)nc(-c8ccccc8)n7)cc6)c6ccccc56)cc4)c21)-c1ccccc1C3. The maximum absolute atomic E-state index is 4.96. The Morgan fingerprint density at radius 2 is 0.742 bits per heavy atom. The zero-order valence-electron chi connectivity index (χ0n) is 34.0. The molecule has 2 aliphatic rings. The molecule has 0 atom stereocenters. The molecule has 3 heteroatoms. The van der Waals surface area contributed by atoms with Gasteiger partial charge in [-0.1, -0.05) is 206 Å². The molecule has 0 N–H and O–H groups in total. The topological polar surface area (TPSA) is 38.7 Å². The van der Waals surface area contributed by atoms with E-state index in [0.717, 1.165) is 35.1 Å². The van der Waals surface area contributed by atoms with E-state index in [1.54, 1.807) is 0 Å². The Balaban J connectivity index is 0.905. The van der Waals surface area contributed by atoms with E-state index < -0.39 is 0 Å². The van der Waals surface area contributed by atoms with Crippen LogP contribution in [0.4, 0.5) is 0 Å². The first-order valence-corrected chi connectivity index (χ1v) is 21.4. The molecule has 290 valence electrons. The molecule has 0 bridgehead atoms. The van der Waals surface area contributed by atoms with Gasteiger partial charge < -0.3 is 0 Å². The van der Waals surface area contributed by atoms with E-state index in [2.05, 4.69) is 152 Å². The number of aromatic nitrogens is 3. The molecular formula is C59H39N3. The van der Waals surface area contributed by atoms with E-state index in [-0.39, 0.29) is 0 Å². The van der Waals surface area contributed by atoms with Gasteiger partial charge in [0.15, 0.2) is 17.5 Å². The molecule has 0 radical (unpaired) electrons. The first-order chi connectivity index (χ1) is 30.7. The molecule has 0 spiro atoms. The highest BCUT2D eigenvalue weighted by atomic mass is 15.0. The highest BCUT2D eigenvalue weighted by molar-refractivity contribution is 6.06. The molecule has 1 heterocycles. The highest BCUT2D eigenvalue weighted by Crippen LogP contribution is 2.49. The van der Waals surface area contributed by atoms with Crippen LogP contribution in [0.25, 0.3) is 101 Å². The van der Waals surface area contributed by atoms with E-state index in [0.29, 0.717) is 17.5 Å². The van der Waals surface area contributed by atoms with Gasteiger partial charge in [-0.2, -0.15) is 0 Å². The number of nitrogens with zero attached hydrogens (tertiary/aromatic N) is 3. The standard InChI is InChI=1S/C59H39N3/c1-4-14-38(15-5-1)46-35-47-36-48-34-45-20-10-11-21-51(45)56(48)55(54(47)37-46)41-28-24-39(25-29-41)49-32-33-50(53-23-13-12-22-52(49)53)40-26-30-44(31-27-40)59-61-57(42-16-6-2-7-17-42)60-58(62-59)43-18-8-3-9-19-43/h1-33,36-37H,34-35H2. The molecule has 62 heavy (non-hydrogen) atoms. The van der Waals surface area contributed by atoms with Crippen LogP contribution in [0.15, 0.2) is 206 Å². The summed E-state index contributed by atoms with van der Waals surface area (Å²) in [5, 5.41) is 2.44. The van der Waals surface area contributed by atoms with Crippen molar-refractivity contribution in [2.45, 2.75) is 12.8 Å². The third-order valence-corrected chi connectivity index (χ3v) is 12.6. The molecule has 12 rings (SSSR count). The normalized spacial score (nSPS) is 12.5. The number of fused-ring (bicyclic) bond motifs is 5. The Morgan fingerprint density at radius 3 is 1.31 bits per heavy atom. The molecule has 0 unspecified atom stereocenters. The highest BCUT2D eigenvalue weighted by Gasteiger charge is 2.28. The Bertz CT molecular complexity index is 3290. The number of allylic oxidation sites excluding steroid dienone is 1. The molecule has 0 fully saturated rings.